The maximum Gasteiger partial charge on any atom is 0.123 e. The van der Waals surface area contributed by atoms with E-state index in [0.29, 0.717) is 0 Å². The molecule has 0 spiro atoms. The lowest BCUT2D eigenvalue weighted by Gasteiger charge is -2.15. The van der Waals surface area contributed by atoms with Crippen molar-refractivity contribution < 1.29 is 4.39 Å². The van der Waals surface area contributed by atoms with Crippen molar-refractivity contribution in [1.29, 1.82) is 0 Å². The Hall–Kier alpha value is -0.890. The number of hydrogen-bond donors (Lipinski definition) is 1. The highest BCUT2D eigenvalue weighted by Gasteiger charge is 2.07. The summed E-state index contributed by atoms with van der Waals surface area (Å²) in [6, 6.07) is 7.06. The SMILES string of the molecule is CCC[C@@H](NC)c1cccc(F)c1. The van der Waals surface area contributed by atoms with Gasteiger partial charge in [0, 0.05) is 6.04 Å². The Bertz CT molecular complexity index is 260. The second-order valence-electron chi connectivity index (χ2n) is 3.18. The first kappa shape index (κ1) is 10.2. The van der Waals surface area contributed by atoms with E-state index in [9.17, 15) is 4.39 Å². The van der Waals surface area contributed by atoms with Crippen LogP contribution in [0.15, 0.2) is 24.3 Å². The van der Waals surface area contributed by atoms with Crippen molar-refractivity contribution in [3.63, 3.8) is 0 Å². The van der Waals surface area contributed by atoms with Crippen molar-refractivity contribution >= 4 is 0 Å². The minimum atomic E-state index is -0.158. The molecule has 1 aromatic carbocycles. The molecule has 0 fully saturated rings. The van der Waals surface area contributed by atoms with Crippen LogP contribution in [-0.2, 0) is 0 Å². The third-order valence-corrected chi connectivity index (χ3v) is 2.18. The van der Waals surface area contributed by atoms with E-state index in [2.05, 4.69) is 12.2 Å². The van der Waals surface area contributed by atoms with Crippen LogP contribution in [-0.4, -0.2) is 7.05 Å². The van der Waals surface area contributed by atoms with Gasteiger partial charge in [0.15, 0.2) is 0 Å². The molecule has 72 valence electrons. The lowest BCUT2D eigenvalue weighted by atomic mass is 10.0. The van der Waals surface area contributed by atoms with Crippen LogP contribution in [0, 0.1) is 5.82 Å². The number of nitrogens with one attached hydrogen (secondary N) is 1. The third kappa shape index (κ3) is 2.81. The molecule has 1 aromatic rings. The average molecular weight is 181 g/mol. The van der Waals surface area contributed by atoms with Crippen molar-refractivity contribution in [2.75, 3.05) is 7.05 Å². The summed E-state index contributed by atoms with van der Waals surface area (Å²) < 4.78 is 12.9. The molecule has 0 saturated carbocycles. The lowest BCUT2D eigenvalue weighted by Crippen LogP contribution is -2.15. The molecule has 0 aliphatic rings. The lowest BCUT2D eigenvalue weighted by molar-refractivity contribution is 0.535. The predicted octanol–water partition coefficient (Wildman–Crippen LogP) is 2.89. The first-order valence-electron chi connectivity index (χ1n) is 4.70. The average Bonchev–Trinajstić information content (AvgIpc) is 2.14. The van der Waals surface area contributed by atoms with Gasteiger partial charge in [-0.15, -0.1) is 0 Å². The van der Waals surface area contributed by atoms with E-state index in [1.54, 1.807) is 12.1 Å². The zero-order valence-electron chi connectivity index (χ0n) is 8.18. The normalized spacial score (nSPS) is 12.8. The summed E-state index contributed by atoms with van der Waals surface area (Å²) >= 11 is 0. The van der Waals surface area contributed by atoms with E-state index in [-0.39, 0.29) is 11.9 Å². The van der Waals surface area contributed by atoms with Crippen molar-refractivity contribution in [2.45, 2.75) is 25.8 Å². The van der Waals surface area contributed by atoms with E-state index in [1.165, 1.54) is 6.07 Å². The van der Waals surface area contributed by atoms with Crippen LogP contribution in [0.3, 0.4) is 0 Å². The molecular formula is C11H16FN. The van der Waals surface area contributed by atoms with E-state index in [1.807, 2.05) is 13.1 Å². The fourth-order valence-corrected chi connectivity index (χ4v) is 1.49. The third-order valence-electron chi connectivity index (χ3n) is 2.18. The van der Waals surface area contributed by atoms with Crippen molar-refractivity contribution in [1.82, 2.24) is 5.32 Å². The van der Waals surface area contributed by atoms with E-state index in [0.717, 1.165) is 18.4 Å². The Morgan fingerprint density at radius 2 is 2.23 bits per heavy atom. The highest BCUT2D eigenvalue weighted by molar-refractivity contribution is 5.19. The van der Waals surface area contributed by atoms with Gasteiger partial charge >= 0.3 is 0 Å². The quantitative estimate of drug-likeness (QED) is 0.753. The fraction of sp³-hybridized carbons (Fsp3) is 0.455. The highest BCUT2D eigenvalue weighted by Crippen LogP contribution is 2.18. The van der Waals surface area contributed by atoms with Crippen LogP contribution >= 0.6 is 0 Å². The van der Waals surface area contributed by atoms with Crippen LogP contribution in [0.2, 0.25) is 0 Å². The smallest absolute Gasteiger partial charge is 0.123 e. The summed E-state index contributed by atoms with van der Waals surface area (Å²) in [4.78, 5) is 0. The highest BCUT2D eigenvalue weighted by atomic mass is 19.1. The van der Waals surface area contributed by atoms with Gasteiger partial charge in [-0.25, -0.2) is 4.39 Å². The molecule has 0 aliphatic heterocycles. The Balaban J connectivity index is 2.78. The summed E-state index contributed by atoms with van der Waals surface area (Å²) in [5, 5.41) is 3.18. The molecule has 2 heteroatoms. The molecule has 0 heterocycles. The summed E-state index contributed by atoms with van der Waals surface area (Å²) in [6.45, 7) is 2.13. The van der Waals surface area contributed by atoms with Gasteiger partial charge in [0.25, 0.3) is 0 Å². The van der Waals surface area contributed by atoms with Gasteiger partial charge in [0.2, 0.25) is 0 Å². The molecule has 0 saturated heterocycles. The van der Waals surface area contributed by atoms with Gasteiger partial charge in [0.05, 0.1) is 0 Å². The topological polar surface area (TPSA) is 12.0 Å². The Morgan fingerprint density at radius 3 is 2.77 bits per heavy atom. The van der Waals surface area contributed by atoms with Crippen LogP contribution in [0.25, 0.3) is 0 Å². The van der Waals surface area contributed by atoms with Crippen molar-refractivity contribution in [2.24, 2.45) is 0 Å². The van der Waals surface area contributed by atoms with E-state index >= 15 is 0 Å². The maximum absolute atomic E-state index is 12.9. The zero-order valence-corrected chi connectivity index (χ0v) is 8.18. The van der Waals surface area contributed by atoms with Crippen LogP contribution in [0.4, 0.5) is 4.39 Å². The number of halogens is 1. The molecule has 0 bridgehead atoms. The van der Waals surface area contributed by atoms with Crippen LogP contribution < -0.4 is 5.32 Å². The Kier molecular flexibility index (Phi) is 3.90. The predicted molar refractivity (Wildman–Crippen MR) is 53.1 cm³/mol. The minimum Gasteiger partial charge on any atom is -0.313 e. The van der Waals surface area contributed by atoms with Crippen molar-refractivity contribution in [3.8, 4) is 0 Å². The van der Waals surface area contributed by atoms with E-state index in [4.69, 9.17) is 0 Å². The summed E-state index contributed by atoms with van der Waals surface area (Å²) in [5.41, 5.74) is 1.03. The molecule has 0 aliphatic carbocycles. The Morgan fingerprint density at radius 1 is 1.46 bits per heavy atom. The first-order chi connectivity index (χ1) is 6.27. The van der Waals surface area contributed by atoms with Crippen molar-refractivity contribution in [3.05, 3.63) is 35.6 Å². The molecule has 1 rings (SSSR count). The van der Waals surface area contributed by atoms with Gasteiger partial charge in [-0.3, -0.25) is 0 Å². The molecule has 0 radical (unpaired) electrons. The molecular weight excluding hydrogens is 165 g/mol. The molecule has 1 nitrogen and oxygen atoms in total. The largest absolute Gasteiger partial charge is 0.313 e. The summed E-state index contributed by atoms with van der Waals surface area (Å²) in [7, 11) is 1.91. The fourth-order valence-electron chi connectivity index (χ4n) is 1.49. The molecule has 1 N–H and O–H groups in total. The molecule has 0 amide bonds. The van der Waals surface area contributed by atoms with E-state index < -0.39 is 0 Å². The number of hydrogen-bond acceptors (Lipinski definition) is 1. The number of benzene rings is 1. The Labute approximate surface area is 79.0 Å². The van der Waals surface area contributed by atoms with Gasteiger partial charge in [-0.2, -0.15) is 0 Å². The summed E-state index contributed by atoms with van der Waals surface area (Å²) in [6.07, 6.45) is 2.14. The van der Waals surface area contributed by atoms with Crippen LogP contribution in [0.1, 0.15) is 31.4 Å². The maximum atomic E-state index is 12.9. The molecule has 0 aromatic heterocycles. The number of rotatable bonds is 4. The molecule has 13 heavy (non-hydrogen) atoms. The molecule has 0 unspecified atom stereocenters. The first-order valence-corrected chi connectivity index (χ1v) is 4.70. The van der Waals surface area contributed by atoms with Gasteiger partial charge in [-0.05, 0) is 31.2 Å². The molecule has 1 atom stereocenters. The second kappa shape index (κ2) is 4.97. The van der Waals surface area contributed by atoms with Gasteiger partial charge < -0.3 is 5.32 Å². The minimum absolute atomic E-state index is 0.158. The zero-order chi connectivity index (χ0) is 9.68. The summed E-state index contributed by atoms with van der Waals surface area (Å²) in [5.74, 6) is -0.158. The monoisotopic (exact) mass is 181 g/mol. The van der Waals surface area contributed by atoms with Gasteiger partial charge in [0.1, 0.15) is 5.82 Å². The second-order valence-corrected chi connectivity index (χ2v) is 3.18. The van der Waals surface area contributed by atoms with Gasteiger partial charge in [-0.1, -0.05) is 25.5 Å². The van der Waals surface area contributed by atoms with Crippen LogP contribution in [0.5, 0.6) is 0 Å². The standard InChI is InChI=1S/C11H16FN/c1-3-5-11(13-2)9-6-4-7-10(12)8-9/h4,6-8,11,13H,3,5H2,1-2H3/t11-/m1/s1.